The zero-order valence-electron chi connectivity index (χ0n) is 24.2. The summed E-state index contributed by atoms with van der Waals surface area (Å²) in [6, 6.07) is 23.6. The number of fused-ring (bicyclic) bond motifs is 3. The Hall–Kier alpha value is -2.57. The Kier molecular flexibility index (Phi) is 7.84. The molecule has 42 heavy (non-hydrogen) atoms. The van der Waals surface area contributed by atoms with Crippen LogP contribution in [0.25, 0.3) is 0 Å². The second-order valence-corrected chi connectivity index (χ2v) is 17.7. The van der Waals surface area contributed by atoms with Gasteiger partial charge in [-0.1, -0.05) is 61.5 Å². The van der Waals surface area contributed by atoms with Crippen molar-refractivity contribution in [3.8, 4) is 0 Å². The third kappa shape index (κ3) is 4.92. The number of rotatable bonds is 6. The van der Waals surface area contributed by atoms with Crippen LogP contribution in [0.3, 0.4) is 0 Å². The fourth-order valence-corrected chi connectivity index (χ4v) is 10.5. The predicted octanol–water partition coefficient (Wildman–Crippen LogP) is 4.97. The third-order valence-corrected chi connectivity index (χ3v) is 12.6. The molecule has 0 saturated carbocycles. The van der Waals surface area contributed by atoms with Crippen molar-refractivity contribution in [3.63, 3.8) is 0 Å². The van der Waals surface area contributed by atoms with E-state index in [1.54, 1.807) is 9.80 Å². The van der Waals surface area contributed by atoms with E-state index in [0.29, 0.717) is 19.5 Å². The van der Waals surface area contributed by atoms with Gasteiger partial charge in [0.15, 0.2) is 13.9 Å². The van der Waals surface area contributed by atoms with Crippen LogP contribution in [0, 0.1) is 9.49 Å². The smallest absolute Gasteiger partial charge is 0.264 e. The van der Waals surface area contributed by atoms with Gasteiger partial charge in [0.05, 0.1) is 37.4 Å². The maximum atomic E-state index is 14.6. The summed E-state index contributed by atoms with van der Waals surface area (Å²) >= 11 is 2.26. The van der Waals surface area contributed by atoms with Crippen LogP contribution in [-0.2, 0) is 39.4 Å². The minimum Gasteiger partial charge on any atom is -0.432 e. The Balaban J connectivity index is 1.36. The maximum absolute atomic E-state index is 14.6. The molecular formula is C33H37IN2O5Si. The van der Waals surface area contributed by atoms with Crippen LogP contribution < -0.4 is 4.90 Å². The molecule has 5 atom stereocenters. The topological polar surface area (TPSA) is 90.3 Å². The van der Waals surface area contributed by atoms with E-state index in [9.17, 15) is 19.5 Å². The number of anilines is 1. The molecule has 1 spiro atoms. The number of hydrogen-bond donors (Lipinski definition) is 2. The Morgan fingerprint density at radius 2 is 1.76 bits per heavy atom. The van der Waals surface area contributed by atoms with Crippen molar-refractivity contribution in [2.45, 2.75) is 69.2 Å². The van der Waals surface area contributed by atoms with E-state index < -0.39 is 20.0 Å². The minimum absolute atomic E-state index is 0.0393. The summed E-state index contributed by atoms with van der Waals surface area (Å²) in [5, 5.41) is 10.2. The van der Waals surface area contributed by atoms with Crippen molar-refractivity contribution in [1.29, 1.82) is 0 Å². The highest BCUT2D eigenvalue weighted by atomic mass is 127. The molecule has 0 unspecified atom stereocenters. The highest BCUT2D eigenvalue weighted by molar-refractivity contribution is 14.1. The highest BCUT2D eigenvalue weighted by Gasteiger charge is 2.66. The number of hydrogen-bond acceptors (Lipinski definition) is 5. The maximum Gasteiger partial charge on any atom is 0.264 e. The number of nitrogens with zero attached hydrogens (tertiary/aromatic N) is 2. The summed E-state index contributed by atoms with van der Waals surface area (Å²) in [7, 11) is -2.92. The molecule has 220 valence electrons. The molecule has 3 aliphatic heterocycles. The molecule has 0 radical (unpaired) electrons. The van der Waals surface area contributed by atoms with Crippen LogP contribution in [0.5, 0.6) is 0 Å². The van der Waals surface area contributed by atoms with Crippen LogP contribution in [0.15, 0.2) is 72.8 Å². The SMILES string of the molecule is C[C@@H]1[C@@H]([Si](C)(C)O)[C@H](CC(=O)N2Cc3ccccc3C[C@H]2CO)O[C@@]12C(=O)N(Cc1ccccc1)c1ccc(I)cc12. The van der Waals surface area contributed by atoms with Gasteiger partial charge >= 0.3 is 0 Å². The molecule has 0 bridgehead atoms. The van der Waals surface area contributed by atoms with Crippen LogP contribution in [0.4, 0.5) is 5.69 Å². The Morgan fingerprint density at radius 1 is 1.07 bits per heavy atom. The molecular weight excluding hydrogens is 659 g/mol. The average molecular weight is 697 g/mol. The molecule has 1 fully saturated rings. The third-order valence-electron chi connectivity index (χ3n) is 9.39. The number of halogens is 1. The van der Waals surface area contributed by atoms with Crippen molar-refractivity contribution in [2.75, 3.05) is 11.5 Å². The van der Waals surface area contributed by atoms with Gasteiger partial charge in [-0.15, -0.1) is 0 Å². The monoisotopic (exact) mass is 696 g/mol. The minimum atomic E-state index is -2.92. The van der Waals surface area contributed by atoms with E-state index in [0.717, 1.165) is 31.5 Å². The van der Waals surface area contributed by atoms with E-state index in [-0.39, 0.29) is 42.3 Å². The fraction of sp³-hybridized carbons (Fsp3) is 0.394. The molecule has 1 saturated heterocycles. The van der Waals surface area contributed by atoms with Crippen molar-refractivity contribution < 1.29 is 24.2 Å². The van der Waals surface area contributed by atoms with E-state index in [2.05, 4.69) is 22.6 Å². The Bertz CT molecular complexity index is 1510. The van der Waals surface area contributed by atoms with Gasteiger partial charge in [0.25, 0.3) is 5.91 Å². The van der Waals surface area contributed by atoms with Crippen molar-refractivity contribution >= 4 is 48.4 Å². The quantitative estimate of drug-likeness (QED) is 0.281. The van der Waals surface area contributed by atoms with E-state index in [4.69, 9.17) is 4.74 Å². The first-order valence-electron chi connectivity index (χ1n) is 14.6. The molecule has 9 heteroatoms. The summed E-state index contributed by atoms with van der Waals surface area (Å²) in [5.41, 5.74) is 3.21. The number of carbonyl (C=O) groups is 2. The number of ether oxygens (including phenoxy) is 1. The Morgan fingerprint density at radius 3 is 2.45 bits per heavy atom. The van der Waals surface area contributed by atoms with E-state index in [1.807, 2.05) is 92.8 Å². The number of amides is 2. The predicted molar refractivity (Wildman–Crippen MR) is 172 cm³/mol. The van der Waals surface area contributed by atoms with Gasteiger partial charge in [-0.2, -0.15) is 0 Å². The summed E-state index contributed by atoms with van der Waals surface area (Å²) in [4.78, 5) is 43.7. The number of aliphatic hydroxyl groups excluding tert-OH is 1. The van der Waals surface area contributed by atoms with E-state index >= 15 is 0 Å². The second kappa shape index (κ2) is 11.2. The number of carbonyl (C=O) groups excluding carboxylic acids is 2. The number of aliphatic hydroxyl groups is 1. The van der Waals surface area contributed by atoms with Gasteiger partial charge in [-0.3, -0.25) is 9.59 Å². The lowest BCUT2D eigenvalue weighted by atomic mass is 9.82. The van der Waals surface area contributed by atoms with Gasteiger partial charge < -0.3 is 24.4 Å². The molecule has 3 aromatic carbocycles. The summed E-state index contributed by atoms with van der Waals surface area (Å²) < 4.78 is 7.88. The molecule has 2 N–H and O–H groups in total. The molecule has 3 aromatic rings. The zero-order valence-corrected chi connectivity index (χ0v) is 27.3. The summed E-state index contributed by atoms with van der Waals surface area (Å²) in [6.45, 7) is 6.44. The lowest BCUT2D eigenvalue weighted by molar-refractivity contribution is -0.151. The molecule has 3 aliphatic rings. The molecule has 3 heterocycles. The first kappa shape index (κ1) is 29.5. The van der Waals surface area contributed by atoms with Gasteiger partial charge in [-0.25, -0.2) is 0 Å². The van der Waals surface area contributed by atoms with Gasteiger partial charge in [0.2, 0.25) is 5.91 Å². The molecule has 7 nitrogen and oxygen atoms in total. The lowest BCUT2D eigenvalue weighted by Crippen LogP contribution is -2.48. The van der Waals surface area contributed by atoms with Gasteiger partial charge in [0.1, 0.15) is 0 Å². The van der Waals surface area contributed by atoms with Crippen LogP contribution in [0.1, 0.15) is 35.6 Å². The second-order valence-electron chi connectivity index (χ2n) is 12.4. The normalized spacial score (nSPS) is 27.0. The zero-order chi connectivity index (χ0) is 29.8. The van der Waals surface area contributed by atoms with Gasteiger partial charge in [-0.05, 0) is 77.0 Å². The molecule has 0 aromatic heterocycles. The summed E-state index contributed by atoms with van der Waals surface area (Å²) in [5.74, 6) is -0.618. The molecule has 0 aliphatic carbocycles. The van der Waals surface area contributed by atoms with E-state index in [1.165, 1.54) is 0 Å². The van der Waals surface area contributed by atoms with Crippen LogP contribution in [-0.4, -0.2) is 53.7 Å². The molecule has 2 amide bonds. The van der Waals surface area contributed by atoms with Crippen molar-refractivity contribution in [2.24, 2.45) is 5.92 Å². The largest absolute Gasteiger partial charge is 0.432 e. The fourth-order valence-electron chi connectivity index (χ4n) is 7.50. The Labute approximate surface area is 261 Å². The van der Waals surface area contributed by atoms with Crippen molar-refractivity contribution in [3.05, 3.63) is 98.6 Å². The standard InChI is InChI=1S/C33H37IN2O5Si/c1-21-31(42(2,3)40)29(17-30(38)35-19-24-12-8-7-11-23(24)15-26(35)20-37)41-33(21)27-16-25(34)13-14-28(27)36(32(33)39)18-22-9-5-4-6-10-22/h4-14,16,21,26,29,31,37,40H,15,17-20H2,1-3H3/t21-,26+,29+,31-,33+/m1/s1. The summed E-state index contributed by atoms with van der Waals surface area (Å²) in [6.07, 6.45) is -0.00772. The first-order valence-corrected chi connectivity index (χ1v) is 18.7. The van der Waals surface area contributed by atoms with Crippen LogP contribution >= 0.6 is 22.6 Å². The van der Waals surface area contributed by atoms with Gasteiger partial charge in [0, 0.05) is 27.1 Å². The lowest BCUT2D eigenvalue weighted by Gasteiger charge is -2.37. The van der Waals surface area contributed by atoms with Crippen molar-refractivity contribution in [1.82, 2.24) is 4.90 Å². The highest BCUT2D eigenvalue weighted by Crippen LogP contribution is 2.60. The number of benzene rings is 3. The first-order chi connectivity index (χ1) is 20.0. The average Bonchev–Trinajstić information content (AvgIpc) is 3.39. The van der Waals surface area contributed by atoms with Crippen LogP contribution in [0.2, 0.25) is 18.6 Å². The molecule has 6 rings (SSSR count).